The van der Waals surface area contributed by atoms with E-state index in [-0.39, 0.29) is 16.9 Å². The van der Waals surface area contributed by atoms with E-state index in [1.807, 2.05) is 0 Å². The van der Waals surface area contributed by atoms with Gasteiger partial charge in [0, 0.05) is 23.1 Å². The number of hydrogen-bond donors (Lipinski definition) is 0. The topological polar surface area (TPSA) is 82.8 Å². The molecular formula is C22H16O6. The Bertz CT molecular complexity index is 1150. The lowest BCUT2D eigenvalue weighted by Crippen LogP contribution is -2.08. The van der Waals surface area contributed by atoms with Crippen LogP contribution in [0.25, 0.3) is 22.1 Å². The summed E-state index contributed by atoms with van der Waals surface area (Å²) in [5.41, 5.74) is 0.980. The van der Waals surface area contributed by atoms with Crippen molar-refractivity contribution in [1.82, 2.24) is 0 Å². The fraction of sp³-hybridized carbons (Fsp3) is 0.0455. The van der Waals surface area contributed by atoms with Crippen LogP contribution >= 0.6 is 0 Å². The number of ether oxygens (including phenoxy) is 2. The molecule has 1 aromatic heterocycles. The molecule has 0 saturated carbocycles. The number of rotatable bonds is 5. The van der Waals surface area contributed by atoms with Crippen molar-refractivity contribution < 1.29 is 23.5 Å². The SMILES string of the molecule is C=CC(=O)Oc1ccc2cc(-c3ccc(OC(=O)C(=C)C)cc3)c(=O)oc2c1. The van der Waals surface area contributed by atoms with Crippen LogP contribution in [0.2, 0.25) is 0 Å². The van der Waals surface area contributed by atoms with Gasteiger partial charge in [-0.25, -0.2) is 14.4 Å². The van der Waals surface area contributed by atoms with Gasteiger partial charge in [-0.05, 0) is 42.8 Å². The molecule has 3 rings (SSSR count). The maximum atomic E-state index is 12.4. The molecule has 1 heterocycles. The molecule has 0 N–H and O–H groups in total. The van der Waals surface area contributed by atoms with E-state index in [0.717, 1.165) is 6.08 Å². The van der Waals surface area contributed by atoms with Crippen LogP contribution in [0.4, 0.5) is 0 Å². The van der Waals surface area contributed by atoms with Gasteiger partial charge in [0.15, 0.2) is 0 Å². The highest BCUT2D eigenvalue weighted by Gasteiger charge is 2.11. The summed E-state index contributed by atoms with van der Waals surface area (Å²) in [4.78, 5) is 35.2. The van der Waals surface area contributed by atoms with Crippen molar-refractivity contribution in [2.45, 2.75) is 6.92 Å². The zero-order valence-electron chi connectivity index (χ0n) is 15.1. The van der Waals surface area contributed by atoms with Crippen LogP contribution in [0.15, 0.2) is 82.5 Å². The molecule has 2 aromatic carbocycles. The largest absolute Gasteiger partial charge is 0.423 e. The van der Waals surface area contributed by atoms with Crippen molar-refractivity contribution in [2.24, 2.45) is 0 Å². The molecule has 0 unspecified atom stereocenters. The predicted molar refractivity (Wildman–Crippen MR) is 104 cm³/mol. The van der Waals surface area contributed by atoms with Crippen molar-refractivity contribution in [3.8, 4) is 22.6 Å². The van der Waals surface area contributed by atoms with Gasteiger partial charge in [0.1, 0.15) is 17.1 Å². The van der Waals surface area contributed by atoms with Crippen molar-refractivity contribution in [1.29, 1.82) is 0 Å². The number of hydrogen-bond acceptors (Lipinski definition) is 6. The van der Waals surface area contributed by atoms with Gasteiger partial charge in [-0.2, -0.15) is 0 Å². The van der Waals surface area contributed by atoms with Gasteiger partial charge in [-0.15, -0.1) is 0 Å². The molecule has 0 aliphatic carbocycles. The van der Waals surface area contributed by atoms with E-state index in [4.69, 9.17) is 13.9 Å². The van der Waals surface area contributed by atoms with Crippen LogP contribution in [-0.2, 0) is 9.59 Å². The smallest absolute Gasteiger partial charge is 0.344 e. The average Bonchev–Trinajstić information content (AvgIpc) is 2.68. The van der Waals surface area contributed by atoms with Crippen LogP contribution < -0.4 is 15.1 Å². The summed E-state index contributed by atoms with van der Waals surface area (Å²) < 4.78 is 15.5. The molecule has 0 bridgehead atoms. The highest BCUT2D eigenvalue weighted by atomic mass is 16.5. The first kappa shape index (κ1) is 18.8. The molecule has 0 amide bonds. The summed E-state index contributed by atoms with van der Waals surface area (Å²) in [5, 5.41) is 0.658. The molecule has 0 aliphatic heterocycles. The van der Waals surface area contributed by atoms with Crippen molar-refractivity contribution >= 4 is 22.9 Å². The molecule has 0 radical (unpaired) electrons. The molecule has 0 saturated heterocycles. The summed E-state index contributed by atoms with van der Waals surface area (Å²) in [5.74, 6) is -0.538. The first-order chi connectivity index (χ1) is 13.4. The van der Waals surface area contributed by atoms with Crippen molar-refractivity contribution in [3.05, 3.63) is 83.8 Å². The van der Waals surface area contributed by atoms with Gasteiger partial charge >= 0.3 is 17.6 Å². The second-order valence-electron chi connectivity index (χ2n) is 5.97. The summed E-state index contributed by atoms with van der Waals surface area (Å²) in [6, 6.07) is 12.9. The van der Waals surface area contributed by atoms with Gasteiger partial charge < -0.3 is 13.9 Å². The third-order valence-electron chi connectivity index (χ3n) is 3.82. The Morgan fingerprint density at radius 2 is 1.68 bits per heavy atom. The number of esters is 2. The third-order valence-corrected chi connectivity index (χ3v) is 3.82. The number of benzene rings is 2. The molecule has 0 fully saturated rings. The Kier molecular flexibility index (Phi) is 5.22. The van der Waals surface area contributed by atoms with Gasteiger partial charge in [0.05, 0.1) is 5.56 Å². The van der Waals surface area contributed by atoms with E-state index >= 15 is 0 Å². The van der Waals surface area contributed by atoms with Gasteiger partial charge in [-0.1, -0.05) is 25.3 Å². The molecule has 0 spiro atoms. The van der Waals surface area contributed by atoms with Gasteiger partial charge in [-0.3, -0.25) is 0 Å². The second-order valence-corrected chi connectivity index (χ2v) is 5.97. The quantitative estimate of drug-likeness (QED) is 0.289. The summed E-state index contributed by atoms with van der Waals surface area (Å²) in [6.45, 7) is 8.41. The third kappa shape index (κ3) is 4.07. The lowest BCUT2D eigenvalue weighted by molar-refractivity contribution is -0.130. The van der Waals surface area contributed by atoms with Crippen LogP contribution in [0.5, 0.6) is 11.5 Å². The fourth-order valence-electron chi connectivity index (χ4n) is 2.41. The van der Waals surface area contributed by atoms with Crippen LogP contribution in [0, 0.1) is 0 Å². The zero-order chi connectivity index (χ0) is 20.3. The van der Waals surface area contributed by atoms with E-state index in [9.17, 15) is 14.4 Å². The van der Waals surface area contributed by atoms with Crippen molar-refractivity contribution in [3.63, 3.8) is 0 Å². The maximum absolute atomic E-state index is 12.4. The first-order valence-electron chi connectivity index (χ1n) is 8.27. The van der Waals surface area contributed by atoms with Crippen LogP contribution in [0.1, 0.15) is 6.92 Å². The van der Waals surface area contributed by atoms with Gasteiger partial charge in [0.2, 0.25) is 0 Å². The molecule has 6 heteroatoms. The minimum Gasteiger partial charge on any atom is -0.423 e. The normalized spacial score (nSPS) is 10.3. The highest BCUT2D eigenvalue weighted by Crippen LogP contribution is 2.26. The molecular weight excluding hydrogens is 360 g/mol. The van der Waals surface area contributed by atoms with E-state index in [1.165, 1.54) is 6.07 Å². The molecule has 6 nitrogen and oxygen atoms in total. The standard InChI is InChI=1S/C22H16O6/c1-4-20(23)26-17-10-7-15-11-18(22(25)28-19(15)12-17)14-5-8-16(9-6-14)27-21(24)13(2)3/h4-12H,1-2H2,3H3. The van der Waals surface area contributed by atoms with E-state index in [1.54, 1.807) is 49.4 Å². The molecule has 140 valence electrons. The molecule has 0 atom stereocenters. The Balaban J connectivity index is 1.92. The molecule has 28 heavy (non-hydrogen) atoms. The Labute approximate surface area is 160 Å². The zero-order valence-corrected chi connectivity index (χ0v) is 15.1. The minimum absolute atomic E-state index is 0.247. The molecule has 0 aliphatic rings. The number of carbonyl (C=O) groups is 2. The molecule has 3 aromatic rings. The predicted octanol–water partition coefficient (Wildman–Crippen LogP) is 4.03. The summed E-state index contributed by atoms with van der Waals surface area (Å²) in [6.07, 6.45) is 1.04. The summed E-state index contributed by atoms with van der Waals surface area (Å²) in [7, 11) is 0. The van der Waals surface area contributed by atoms with E-state index in [2.05, 4.69) is 13.2 Å². The van der Waals surface area contributed by atoms with Crippen LogP contribution in [-0.4, -0.2) is 11.9 Å². The number of fused-ring (bicyclic) bond motifs is 1. The minimum atomic E-state index is -0.606. The number of carbonyl (C=O) groups excluding carboxylic acids is 2. The Morgan fingerprint density at radius 3 is 2.32 bits per heavy atom. The maximum Gasteiger partial charge on any atom is 0.344 e. The lowest BCUT2D eigenvalue weighted by Gasteiger charge is -2.07. The second kappa shape index (κ2) is 7.75. The Hall–Kier alpha value is -3.93. The van der Waals surface area contributed by atoms with E-state index < -0.39 is 17.6 Å². The fourth-order valence-corrected chi connectivity index (χ4v) is 2.41. The average molecular weight is 376 g/mol. The van der Waals surface area contributed by atoms with Gasteiger partial charge in [0.25, 0.3) is 0 Å². The van der Waals surface area contributed by atoms with Crippen molar-refractivity contribution in [2.75, 3.05) is 0 Å². The lowest BCUT2D eigenvalue weighted by atomic mass is 10.1. The van der Waals surface area contributed by atoms with Crippen LogP contribution in [0.3, 0.4) is 0 Å². The first-order valence-corrected chi connectivity index (χ1v) is 8.27. The summed E-state index contributed by atoms with van der Waals surface area (Å²) >= 11 is 0. The Morgan fingerprint density at radius 1 is 1.00 bits per heavy atom. The van der Waals surface area contributed by atoms with E-state index in [0.29, 0.717) is 22.3 Å². The monoisotopic (exact) mass is 376 g/mol. The highest BCUT2D eigenvalue weighted by molar-refractivity contribution is 5.89.